The van der Waals surface area contributed by atoms with Gasteiger partial charge in [-0.25, -0.2) is 0 Å². The van der Waals surface area contributed by atoms with Gasteiger partial charge in [0, 0.05) is 35.4 Å². The standard InChI is InChI=1S/C17H18IN3O2S/c18-13-3-5-14(6-4-13)19-16(22)12-20-7-9-21(10-8-20)17(23)15-2-1-11-24-15/h1-6,11H,7-10,12H2,(H,19,22). The molecule has 1 N–H and O–H groups in total. The van der Waals surface area contributed by atoms with E-state index in [0.717, 1.165) is 27.2 Å². The molecule has 24 heavy (non-hydrogen) atoms. The molecule has 1 aliphatic rings. The van der Waals surface area contributed by atoms with E-state index >= 15 is 0 Å². The third-order valence-corrected chi connectivity index (χ3v) is 5.46. The smallest absolute Gasteiger partial charge is 0.264 e. The first-order valence-corrected chi connectivity index (χ1v) is 9.68. The highest BCUT2D eigenvalue weighted by Gasteiger charge is 2.23. The fourth-order valence-electron chi connectivity index (χ4n) is 2.60. The van der Waals surface area contributed by atoms with Crippen molar-refractivity contribution >= 4 is 51.4 Å². The number of carbonyl (C=O) groups excluding carboxylic acids is 2. The van der Waals surface area contributed by atoms with Crippen molar-refractivity contribution in [2.24, 2.45) is 0 Å². The van der Waals surface area contributed by atoms with Gasteiger partial charge in [-0.1, -0.05) is 6.07 Å². The van der Waals surface area contributed by atoms with Crippen molar-refractivity contribution in [2.75, 3.05) is 38.0 Å². The Morgan fingerprint density at radius 3 is 2.42 bits per heavy atom. The molecule has 0 saturated carbocycles. The Hall–Kier alpha value is -1.45. The van der Waals surface area contributed by atoms with Crippen LogP contribution >= 0.6 is 33.9 Å². The van der Waals surface area contributed by atoms with Gasteiger partial charge in [-0.15, -0.1) is 11.3 Å². The number of hydrogen-bond acceptors (Lipinski definition) is 4. The molecule has 1 aliphatic heterocycles. The highest BCUT2D eigenvalue weighted by Crippen LogP contribution is 2.14. The minimum Gasteiger partial charge on any atom is -0.335 e. The number of benzene rings is 1. The SMILES string of the molecule is O=C(CN1CCN(C(=O)c2cccs2)CC1)Nc1ccc(I)cc1. The van der Waals surface area contributed by atoms with Gasteiger partial charge in [-0.05, 0) is 58.3 Å². The van der Waals surface area contributed by atoms with Crippen LogP contribution < -0.4 is 5.32 Å². The quantitative estimate of drug-likeness (QED) is 0.722. The van der Waals surface area contributed by atoms with Crippen LogP contribution in [-0.4, -0.2) is 54.3 Å². The zero-order chi connectivity index (χ0) is 16.9. The zero-order valence-corrected chi connectivity index (χ0v) is 16.0. The van der Waals surface area contributed by atoms with Crippen LogP contribution in [0, 0.1) is 3.57 Å². The summed E-state index contributed by atoms with van der Waals surface area (Å²) in [7, 11) is 0. The summed E-state index contributed by atoms with van der Waals surface area (Å²) in [5, 5.41) is 4.83. The molecule has 0 unspecified atom stereocenters. The van der Waals surface area contributed by atoms with Crippen LogP contribution in [0.25, 0.3) is 0 Å². The number of nitrogens with one attached hydrogen (secondary N) is 1. The Bertz CT molecular complexity index is 695. The van der Waals surface area contributed by atoms with Gasteiger partial charge < -0.3 is 10.2 Å². The number of hydrogen-bond donors (Lipinski definition) is 1. The monoisotopic (exact) mass is 455 g/mol. The average Bonchev–Trinajstić information content (AvgIpc) is 3.11. The molecule has 1 aromatic carbocycles. The van der Waals surface area contributed by atoms with Crippen LogP contribution in [0.4, 0.5) is 5.69 Å². The van der Waals surface area contributed by atoms with Crippen molar-refractivity contribution in [3.63, 3.8) is 0 Å². The first-order valence-electron chi connectivity index (χ1n) is 7.72. The predicted octanol–water partition coefficient (Wildman–Crippen LogP) is 2.75. The summed E-state index contributed by atoms with van der Waals surface area (Å²) in [6.45, 7) is 3.11. The Morgan fingerprint density at radius 2 is 1.79 bits per heavy atom. The van der Waals surface area contributed by atoms with Crippen LogP contribution in [0.3, 0.4) is 0 Å². The fraction of sp³-hybridized carbons (Fsp3) is 0.294. The molecule has 0 aliphatic carbocycles. The number of nitrogens with zero attached hydrogens (tertiary/aromatic N) is 2. The van der Waals surface area contributed by atoms with Crippen LogP contribution in [-0.2, 0) is 4.79 Å². The number of piperazine rings is 1. The van der Waals surface area contributed by atoms with E-state index in [1.165, 1.54) is 11.3 Å². The molecule has 0 atom stereocenters. The number of carbonyl (C=O) groups is 2. The Morgan fingerprint density at radius 1 is 1.08 bits per heavy atom. The Labute approximate surface area is 158 Å². The van der Waals surface area contributed by atoms with Crippen molar-refractivity contribution < 1.29 is 9.59 Å². The maximum Gasteiger partial charge on any atom is 0.264 e. The molecule has 126 valence electrons. The van der Waals surface area contributed by atoms with Gasteiger partial charge >= 0.3 is 0 Å². The fourth-order valence-corrected chi connectivity index (χ4v) is 3.65. The lowest BCUT2D eigenvalue weighted by atomic mass is 10.2. The maximum absolute atomic E-state index is 12.3. The molecule has 2 amide bonds. The lowest BCUT2D eigenvalue weighted by Crippen LogP contribution is -2.50. The van der Waals surface area contributed by atoms with Crippen molar-refractivity contribution in [1.82, 2.24) is 9.80 Å². The zero-order valence-electron chi connectivity index (χ0n) is 13.1. The average molecular weight is 455 g/mol. The largest absolute Gasteiger partial charge is 0.335 e. The molecular formula is C17H18IN3O2S. The number of thiophene rings is 1. The minimum atomic E-state index is -0.0192. The molecule has 0 radical (unpaired) electrons. The lowest BCUT2D eigenvalue weighted by molar-refractivity contribution is -0.117. The second-order valence-corrected chi connectivity index (χ2v) is 7.79. The summed E-state index contributed by atoms with van der Waals surface area (Å²) in [4.78, 5) is 29.2. The topological polar surface area (TPSA) is 52.7 Å². The molecule has 1 aromatic heterocycles. The molecule has 2 heterocycles. The molecule has 1 saturated heterocycles. The molecule has 0 spiro atoms. The van der Waals surface area contributed by atoms with Crippen molar-refractivity contribution in [1.29, 1.82) is 0 Å². The van der Waals surface area contributed by atoms with Crippen LogP contribution in [0.2, 0.25) is 0 Å². The van der Waals surface area contributed by atoms with Gasteiger partial charge in [-0.3, -0.25) is 14.5 Å². The molecular weight excluding hydrogens is 437 g/mol. The van der Waals surface area contributed by atoms with E-state index in [9.17, 15) is 9.59 Å². The summed E-state index contributed by atoms with van der Waals surface area (Å²) in [5.74, 6) is 0.0715. The van der Waals surface area contributed by atoms with Gasteiger partial charge in [0.25, 0.3) is 5.91 Å². The van der Waals surface area contributed by atoms with Crippen molar-refractivity contribution in [3.05, 3.63) is 50.2 Å². The molecule has 2 aromatic rings. The first-order chi connectivity index (χ1) is 11.6. The van der Waals surface area contributed by atoms with E-state index in [1.807, 2.05) is 46.7 Å². The van der Waals surface area contributed by atoms with Gasteiger partial charge in [0.2, 0.25) is 5.91 Å². The minimum absolute atomic E-state index is 0.0192. The maximum atomic E-state index is 12.3. The summed E-state index contributed by atoms with van der Waals surface area (Å²) in [5.41, 5.74) is 0.812. The van der Waals surface area contributed by atoms with E-state index in [4.69, 9.17) is 0 Å². The second kappa shape index (κ2) is 8.09. The van der Waals surface area contributed by atoms with E-state index in [2.05, 4.69) is 32.8 Å². The van der Waals surface area contributed by atoms with Gasteiger partial charge in [0.1, 0.15) is 0 Å². The third kappa shape index (κ3) is 4.55. The molecule has 7 heteroatoms. The predicted molar refractivity (Wildman–Crippen MR) is 104 cm³/mol. The second-order valence-electron chi connectivity index (χ2n) is 5.60. The molecule has 0 bridgehead atoms. The summed E-state index contributed by atoms with van der Waals surface area (Å²) in [6, 6.07) is 11.5. The Kier molecular flexibility index (Phi) is 5.85. The Balaban J connectivity index is 1.46. The first kappa shape index (κ1) is 17.4. The van der Waals surface area contributed by atoms with Crippen LogP contribution in [0.1, 0.15) is 9.67 Å². The molecule has 1 fully saturated rings. The highest BCUT2D eigenvalue weighted by molar-refractivity contribution is 14.1. The van der Waals surface area contributed by atoms with Gasteiger partial charge in [-0.2, -0.15) is 0 Å². The van der Waals surface area contributed by atoms with E-state index in [1.54, 1.807) is 0 Å². The van der Waals surface area contributed by atoms with E-state index in [0.29, 0.717) is 19.6 Å². The normalized spacial score (nSPS) is 15.3. The molecule has 3 rings (SSSR count). The number of anilines is 1. The van der Waals surface area contributed by atoms with E-state index < -0.39 is 0 Å². The highest BCUT2D eigenvalue weighted by atomic mass is 127. The van der Waals surface area contributed by atoms with Crippen molar-refractivity contribution in [3.8, 4) is 0 Å². The van der Waals surface area contributed by atoms with Crippen LogP contribution in [0.5, 0.6) is 0 Å². The van der Waals surface area contributed by atoms with Crippen LogP contribution in [0.15, 0.2) is 41.8 Å². The van der Waals surface area contributed by atoms with Crippen molar-refractivity contribution in [2.45, 2.75) is 0 Å². The van der Waals surface area contributed by atoms with Gasteiger partial charge in [0.05, 0.1) is 11.4 Å². The number of halogens is 1. The summed E-state index contributed by atoms with van der Waals surface area (Å²) < 4.78 is 1.14. The van der Waals surface area contributed by atoms with Gasteiger partial charge in [0.15, 0.2) is 0 Å². The summed E-state index contributed by atoms with van der Waals surface area (Å²) in [6.07, 6.45) is 0. The number of rotatable bonds is 4. The van der Waals surface area contributed by atoms with E-state index in [-0.39, 0.29) is 11.8 Å². The summed E-state index contributed by atoms with van der Waals surface area (Å²) >= 11 is 3.70. The lowest BCUT2D eigenvalue weighted by Gasteiger charge is -2.34. The number of amides is 2. The molecule has 5 nitrogen and oxygen atoms in total. The third-order valence-electron chi connectivity index (χ3n) is 3.89.